The maximum absolute atomic E-state index is 8.83. The van der Waals surface area contributed by atoms with Crippen LogP contribution >= 0.6 is 23.4 Å². The van der Waals surface area contributed by atoms with Gasteiger partial charge in [0.15, 0.2) is 0 Å². The Kier molecular flexibility index (Phi) is 4.64. The standard InChI is InChI=1S/C10H13ClOS/c1-8(6-12)7-13-10-4-2-3-9(11)5-10/h2-5,8,12H,6-7H2,1H3. The lowest BCUT2D eigenvalue weighted by molar-refractivity contribution is 0.250. The van der Waals surface area contributed by atoms with Gasteiger partial charge in [0.25, 0.3) is 0 Å². The van der Waals surface area contributed by atoms with Crippen LogP contribution in [0, 0.1) is 5.92 Å². The summed E-state index contributed by atoms with van der Waals surface area (Å²) in [4.78, 5) is 1.16. The fourth-order valence-electron chi connectivity index (χ4n) is 0.848. The zero-order chi connectivity index (χ0) is 9.68. The maximum Gasteiger partial charge on any atom is 0.0464 e. The minimum Gasteiger partial charge on any atom is -0.396 e. The summed E-state index contributed by atoms with van der Waals surface area (Å²) in [6, 6.07) is 7.77. The lowest BCUT2D eigenvalue weighted by Crippen LogP contribution is -2.02. The summed E-state index contributed by atoms with van der Waals surface area (Å²) in [6.45, 7) is 2.27. The van der Waals surface area contributed by atoms with E-state index in [1.54, 1.807) is 11.8 Å². The molecule has 0 radical (unpaired) electrons. The number of hydrogen-bond acceptors (Lipinski definition) is 2. The Bertz CT molecular complexity index is 265. The molecule has 1 rings (SSSR count). The fourth-order valence-corrected chi connectivity index (χ4v) is 2.07. The molecule has 0 spiro atoms. The minimum atomic E-state index is 0.244. The van der Waals surface area contributed by atoms with Crippen LogP contribution in [0.1, 0.15) is 6.92 Å². The van der Waals surface area contributed by atoms with Crippen molar-refractivity contribution in [3.63, 3.8) is 0 Å². The van der Waals surface area contributed by atoms with Crippen molar-refractivity contribution in [2.75, 3.05) is 12.4 Å². The Morgan fingerprint density at radius 3 is 2.92 bits per heavy atom. The Morgan fingerprint density at radius 2 is 2.31 bits per heavy atom. The van der Waals surface area contributed by atoms with Crippen LogP contribution in [-0.2, 0) is 0 Å². The predicted octanol–water partition coefficient (Wildman–Crippen LogP) is 3.06. The molecule has 0 saturated heterocycles. The molecule has 1 aromatic rings. The molecule has 0 heterocycles. The van der Waals surface area contributed by atoms with E-state index in [0.29, 0.717) is 5.92 Å². The van der Waals surface area contributed by atoms with Gasteiger partial charge in [-0.2, -0.15) is 0 Å². The van der Waals surface area contributed by atoms with Crippen molar-refractivity contribution in [3.8, 4) is 0 Å². The Morgan fingerprint density at radius 1 is 1.54 bits per heavy atom. The van der Waals surface area contributed by atoms with Gasteiger partial charge in [0, 0.05) is 22.3 Å². The van der Waals surface area contributed by atoms with E-state index in [2.05, 4.69) is 0 Å². The summed E-state index contributed by atoms with van der Waals surface area (Å²) in [5.41, 5.74) is 0. The lowest BCUT2D eigenvalue weighted by atomic mass is 10.2. The number of aliphatic hydroxyl groups is 1. The van der Waals surface area contributed by atoms with Crippen LogP contribution in [0.15, 0.2) is 29.2 Å². The van der Waals surface area contributed by atoms with Crippen molar-refractivity contribution in [1.82, 2.24) is 0 Å². The topological polar surface area (TPSA) is 20.2 Å². The SMILES string of the molecule is CC(CO)CSc1cccc(Cl)c1. The van der Waals surface area contributed by atoms with Gasteiger partial charge in [-0.05, 0) is 24.1 Å². The molecule has 0 fully saturated rings. The van der Waals surface area contributed by atoms with Crippen molar-refractivity contribution in [3.05, 3.63) is 29.3 Å². The van der Waals surface area contributed by atoms with E-state index < -0.39 is 0 Å². The van der Waals surface area contributed by atoms with Crippen molar-refractivity contribution < 1.29 is 5.11 Å². The highest BCUT2D eigenvalue weighted by molar-refractivity contribution is 7.99. The largest absolute Gasteiger partial charge is 0.396 e. The fraction of sp³-hybridized carbons (Fsp3) is 0.400. The number of hydrogen-bond donors (Lipinski definition) is 1. The zero-order valence-corrected chi connectivity index (χ0v) is 9.11. The van der Waals surface area contributed by atoms with Gasteiger partial charge in [0.05, 0.1) is 0 Å². The summed E-state index contributed by atoms with van der Waals surface area (Å²) < 4.78 is 0. The molecule has 1 aromatic carbocycles. The van der Waals surface area contributed by atoms with E-state index in [-0.39, 0.29) is 6.61 Å². The third-order valence-electron chi connectivity index (χ3n) is 1.64. The van der Waals surface area contributed by atoms with Gasteiger partial charge >= 0.3 is 0 Å². The van der Waals surface area contributed by atoms with Gasteiger partial charge in [-0.3, -0.25) is 0 Å². The first-order chi connectivity index (χ1) is 6.22. The van der Waals surface area contributed by atoms with Crippen LogP contribution < -0.4 is 0 Å². The number of halogens is 1. The number of aliphatic hydroxyl groups excluding tert-OH is 1. The van der Waals surface area contributed by atoms with Gasteiger partial charge in [0.2, 0.25) is 0 Å². The summed E-state index contributed by atoms with van der Waals surface area (Å²) in [5.74, 6) is 1.26. The second-order valence-electron chi connectivity index (χ2n) is 3.06. The third kappa shape index (κ3) is 4.03. The van der Waals surface area contributed by atoms with E-state index in [1.807, 2.05) is 31.2 Å². The van der Waals surface area contributed by atoms with E-state index in [9.17, 15) is 0 Å². The minimum absolute atomic E-state index is 0.244. The van der Waals surface area contributed by atoms with Crippen LogP contribution in [0.5, 0.6) is 0 Å². The first kappa shape index (κ1) is 10.9. The predicted molar refractivity (Wildman–Crippen MR) is 58.4 cm³/mol. The van der Waals surface area contributed by atoms with Crippen molar-refractivity contribution >= 4 is 23.4 Å². The summed E-state index contributed by atoms with van der Waals surface area (Å²) in [7, 11) is 0. The summed E-state index contributed by atoms with van der Waals surface area (Å²) in [5, 5.41) is 9.59. The van der Waals surface area contributed by atoms with Crippen molar-refractivity contribution in [1.29, 1.82) is 0 Å². The van der Waals surface area contributed by atoms with E-state index in [1.165, 1.54) is 0 Å². The van der Waals surface area contributed by atoms with Gasteiger partial charge in [-0.25, -0.2) is 0 Å². The lowest BCUT2D eigenvalue weighted by Gasteiger charge is -2.06. The molecule has 0 amide bonds. The van der Waals surface area contributed by atoms with E-state index >= 15 is 0 Å². The first-order valence-corrected chi connectivity index (χ1v) is 5.58. The quantitative estimate of drug-likeness (QED) is 0.781. The molecule has 1 atom stereocenters. The molecule has 72 valence electrons. The van der Waals surface area contributed by atoms with Crippen LogP contribution in [0.2, 0.25) is 5.02 Å². The zero-order valence-electron chi connectivity index (χ0n) is 7.53. The molecule has 0 saturated carbocycles. The molecule has 3 heteroatoms. The highest BCUT2D eigenvalue weighted by Gasteiger charge is 2.01. The molecule has 1 nitrogen and oxygen atoms in total. The summed E-state index contributed by atoms with van der Waals surface area (Å²) >= 11 is 7.55. The van der Waals surface area contributed by atoms with Gasteiger partial charge in [0.1, 0.15) is 0 Å². The molecule has 1 unspecified atom stereocenters. The molecule has 13 heavy (non-hydrogen) atoms. The monoisotopic (exact) mass is 216 g/mol. The molecule has 0 bridgehead atoms. The Labute approximate surface area is 88.1 Å². The highest BCUT2D eigenvalue weighted by atomic mass is 35.5. The molecule has 1 N–H and O–H groups in total. The average Bonchev–Trinajstić information content (AvgIpc) is 2.14. The summed E-state index contributed by atoms with van der Waals surface area (Å²) in [6.07, 6.45) is 0. The van der Waals surface area contributed by atoms with Crippen LogP contribution in [-0.4, -0.2) is 17.5 Å². The number of thioether (sulfide) groups is 1. The second-order valence-corrected chi connectivity index (χ2v) is 4.59. The average molecular weight is 217 g/mol. The van der Waals surface area contributed by atoms with Crippen LogP contribution in [0.4, 0.5) is 0 Å². The molecule has 0 aromatic heterocycles. The smallest absolute Gasteiger partial charge is 0.0464 e. The van der Waals surface area contributed by atoms with E-state index in [0.717, 1.165) is 15.7 Å². The highest BCUT2D eigenvalue weighted by Crippen LogP contribution is 2.23. The molecule has 0 aliphatic rings. The van der Waals surface area contributed by atoms with Crippen molar-refractivity contribution in [2.45, 2.75) is 11.8 Å². The van der Waals surface area contributed by atoms with Crippen molar-refractivity contribution in [2.24, 2.45) is 5.92 Å². The van der Waals surface area contributed by atoms with Gasteiger partial charge in [-0.1, -0.05) is 24.6 Å². The van der Waals surface area contributed by atoms with Gasteiger partial charge < -0.3 is 5.11 Å². The third-order valence-corrected chi connectivity index (χ3v) is 3.20. The first-order valence-electron chi connectivity index (χ1n) is 4.21. The Balaban J connectivity index is 2.45. The second kappa shape index (κ2) is 5.53. The molecular weight excluding hydrogens is 204 g/mol. The molecular formula is C10H13ClOS. The normalized spacial score (nSPS) is 12.8. The Hall–Kier alpha value is -0.180. The van der Waals surface area contributed by atoms with Crippen LogP contribution in [0.3, 0.4) is 0 Å². The molecule has 0 aliphatic carbocycles. The van der Waals surface area contributed by atoms with Crippen LogP contribution in [0.25, 0.3) is 0 Å². The van der Waals surface area contributed by atoms with Gasteiger partial charge in [-0.15, -0.1) is 11.8 Å². The maximum atomic E-state index is 8.83. The molecule has 0 aliphatic heterocycles. The number of benzene rings is 1. The van der Waals surface area contributed by atoms with E-state index in [4.69, 9.17) is 16.7 Å². The number of rotatable bonds is 4.